The van der Waals surface area contributed by atoms with Crippen molar-refractivity contribution < 1.29 is 9.90 Å². The Morgan fingerprint density at radius 2 is 2.50 bits per heavy atom. The molecule has 0 amide bonds. The highest BCUT2D eigenvalue weighted by Crippen LogP contribution is 2.38. The maximum absolute atomic E-state index is 11.7. The summed E-state index contributed by atoms with van der Waals surface area (Å²) in [5.74, 6) is -0.706. The van der Waals surface area contributed by atoms with Crippen LogP contribution in [0.4, 0.5) is 0 Å². The van der Waals surface area contributed by atoms with Gasteiger partial charge in [-0.15, -0.1) is 11.8 Å². The Balaban J connectivity index is 2.03. The molecular weight excluding hydrogens is 274 g/mol. The van der Waals surface area contributed by atoms with Gasteiger partial charge in [0.15, 0.2) is 0 Å². The Morgan fingerprint density at radius 3 is 3.10 bits per heavy atom. The molecule has 20 heavy (non-hydrogen) atoms. The minimum atomic E-state index is -0.742. The maximum atomic E-state index is 11.7. The van der Waals surface area contributed by atoms with Crippen molar-refractivity contribution in [2.75, 3.05) is 6.54 Å². The van der Waals surface area contributed by atoms with Crippen LogP contribution in [-0.2, 0) is 11.8 Å². The molecule has 0 bridgehead atoms. The summed E-state index contributed by atoms with van der Waals surface area (Å²) in [7, 11) is 1.90. The molecule has 0 aliphatic heterocycles. The molecule has 1 saturated carbocycles. The quantitative estimate of drug-likeness (QED) is 0.843. The van der Waals surface area contributed by atoms with Crippen molar-refractivity contribution in [1.82, 2.24) is 15.1 Å². The van der Waals surface area contributed by atoms with Crippen molar-refractivity contribution in [3.8, 4) is 0 Å². The van der Waals surface area contributed by atoms with Gasteiger partial charge in [-0.2, -0.15) is 5.10 Å². The lowest BCUT2D eigenvalue weighted by Crippen LogP contribution is -2.55. The number of thioether (sulfide) groups is 1. The number of hydrogen-bond acceptors (Lipinski definition) is 4. The van der Waals surface area contributed by atoms with E-state index in [1.54, 1.807) is 16.4 Å². The monoisotopic (exact) mass is 297 g/mol. The van der Waals surface area contributed by atoms with E-state index in [9.17, 15) is 9.90 Å². The van der Waals surface area contributed by atoms with Gasteiger partial charge in [0, 0.05) is 23.4 Å². The van der Waals surface area contributed by atoms with Crippen molar-refractivity contribution in [2.24, 2.45) is 7.05 Å². The number of rotatable bonds is 6. The molecule has 2 N–H and O–H groups in total. The van der Waals surface area contributed by atoms with Crippen LogP contribution < -0.4 is 5.32 Å². The number of aryl methyl sites for hydroxylation is 1. The fraction of sp³-hybridized carbons (Fsp3) is 0.714. The summed E-state index contributed by atoms with van der Waals surface area (Å²) in [5, 5.41) is 17.4. The highest BCUT2D eigenvalue weighted by atomic mass is 32.2. The standard InChI is InChI=1S/C14H23N3O2S/c1-3-7-15-14(13(18)19)6-4-5-11(8-14)20-12-9-16-17(2)10-12/h9-11,15H,3-8H2,1-2H3,(H,18,19). The van der Waals surface area contributed by atoms with Crippen molar-refractivity contribution in [3.05, 3.63) is 12.4 Å². The molecule has 1 aromatic heterocycles. The van der Waals surface area contributed by atoms with Crippen LogP contribution in [0.2, 0.25) is 0 Å². The van der Waals surface area contributed by atoms with Crippen LogP contribution in [0.5, 0.6) is 0 Å². The Hall–Kier alpha value is -1.01. The van der Waals surface area contributed by atoms with Crippen molar-refractivity contribution in [1.29, 1.82) is 0 Å². The summed E-state index contributed by atoms with van der Waals surface area (Å²) in [4.78, 5) is 12.8. The molecule has 0 saturated heterocycles. The van der Waals surface area contributed by atoms with Crippen molar-refractivity contribution >= 4 is 17.7 Å². The SMILES string of the molecule is CCCNC1(C(=O)O)CCCC(Sc2cnn(C)c2)C1. The van der Waals surface area contributed by atoms with Gasteiger partial charge in [-0.05, 0) is 38.6 Å². The first kappa shape index (κ1) is 15.4. The first-order chi connectivity index (χ1) is 9.55. The van der Waals surface area contributed by atoms with Crippen molar-refractivity contribution in [3.63, 3.8) is 0 Å². The first-order valence-corrected chi connectivity index (χ1v) is 8.07. The van der Waals surface area contributed by atoms with Crippen LogP contribution in [-0.4, -0.2) is 38.2 Å². The Bertz CT molecular complexity index is 463. The lowest BCUT2D eigenvalue weighted by atomic mass is 9.81. The normalized spacial score (nSPS) is 26.6. The third-order valence-corrected chi connectivity index (χ3v) is 5.03. The summed E-state index contributed by atoms with van der Waals surface area (Å²) in [6.07, 6.45) is 8.23. The molecule has 1 aromatic rings. The molecule has 1 aliphatic carbocycles. The Kier molecular flexibility index (Phi) is 5.10. The Labute approximate surface area is 124 Å². The van der Waals surface area contributed by atoms with E-state index in [0.717, 1.165) is 37.1 Å². The topological polar surface area (TPSA) is 67.2 Å². The highest BCUT2D eigenvalue weighted by molar-refractivity contribution is 8.00. The van der Waals surface area contributed by atoms with Crippen LogP contribution in [0.15, 0.2) is 17.3 Å². The lowest BCUT2D eigenvalue weighted by molar-refractivity contribution is -0.146. The van der Waals surface area contributed by atoms with Gasteiger partial charge in [-0.3, -0.25) is 9.48 Å². The number of carbonyl (C=O) groups is 1. The zero-order valence-electron chi connectivity index (χ0n) is 12.1. The number of aliphatic carboxylic acids is 1. The van der Waals surface area contributed by atoms with E-state index in [1.807, 2.05) is 19.4 Å². The van der Waals surface area contributed by atoms with Crippen molar-refractivity contribution in [2.45, 2.75) is 54.7 Å². The molecule has 1 fully saturated rings. The van der Waals surface area contributed by atoms with Crippen LogP contribution in [0.1, 0.15) is 39.0 Å². The van der Waals surface area contributed by atoms with E-state index in [0.29, 0.717) is 11.7 Å². The Morgan fingerprint density at radius 1 is 1.70 bits per heavy atom. The number of nitrogens with zero attached hydrogens (tertiary/aromatic N) is 2. The average Bonchev–Trinajstić information content (AvgIpc) is 2.82. The highest BCUT2D eigenvalue weighted by Gasteiger charge is 2.42. The summed E-state index contributed by atoms with van der Waals surface area (Å²) in [6.45, 7) is 2.82. The van der Waals surface area contributed by atoms with E-state index in [-0.39, 0.29) is 0 Å². The van der Waals surface area contributed by atoms with E-state index >= 15 is 0 Å². The minimum Gasteiger partial charge on any atom is -0.480 e. The van der Waals surface area contributed by atoms with Gasteiger partial charge in [0.25, 0.3) is 0 Å². The first-order valence-electron chi connectivity index (χ1n) is 7.19. The molecular formula is C14H23N3O2S. The van der Waals surface area contributed by atoms with Gasteiger partial charge in [0.1, 0.15) is 5.54 Å². The van der Waals surface area contributed by atoms with E-state index in [1.165, 1.54) is 0 Å². The van der Waals surface area contributed by atoms with Gasteiger partial charge in [-0.25, -0.2) is 0 Å². The number of carboxylic acids is 1. The van der Waals surface area contributed by atoms with Gasteiger partial charge < -0.3 is 10.4 Å². The van der Waals surface area contributed by atoms with Crippen LogP contribution in [0.25, 0.3) is 0 Å². The van der Waals surface area contributed by atoms with Gasteiger partial charge in [0.05, 0.1) is 6.20 Å². The smallest absolute Gasteiger partial charge is 0.323 e. The minimum absolute atomic E-state index is 0.341. The second kappa shape index (κ2) is 6.63. The maximum Gasteiger partial charge on any atom is 0.323 e. The van der Waals surface area contributed by atoms with E-state index in [4.69, 9.17) is 0 Å². The van der Waals surface area contributed by atoms with E-state index in [2.05, 4.69) is 17.3 Å². The molecule has 2 rings (SSSR count). The molecule has 1 heterocycles. The number of nitrogens with one attached hydrogen (secondary N) is 1. The molecule has 1 aliphatic rings. The van der Waals surface area contributed by atoms with Crippen LogP contribution >= 0.6 is 11.8 Å². The van der Waals surface area contributed by atoms with Crippen LogP contribution in [0.3, 0.4) is 0 Å². The zero-order valence-corrected chi connectivity index (χ0v) is 12.9. The number of carboxylic acid groups (broad SMARTS) is 1. The fourth-order valence-electron chi connectivity index (χ4n) is 2.77. The van der Waals surface area contributed by atoms with E-state index < -0.39 is 11.5 Å². The lowest BCUT2D eigenvalue weighted by Gasteiger charge is -2.38. The number of hydrogen-bond donors (Lipinski definition) is 2. The molecule has 2 atom stereocenters. The second-order valence-corrected chi connectivity index (χ2v) is 6.87. The molecule has 5 nitrogen and oxygen atoms in total. The van der Waals surface area contributed by atoms with Gasteiger partial charge in [0.2, 0.25) is 0 Å². The van der Waals surface area contributed by atoms with Gasteiger partial charge >= 0.3 is 5.97 Å². The molecule has 0 radical (unpaired) electrons. The molecule has 0 spiro atoms. The third kappa shape index (κ3) is 3.55. The van der Waals surface area contributed by atoms with Crippen LogP contribution in [0, 0.1) is 0 Å². The zero-order chi connectivity index (χ0) is 14.6. The summed E-state index contributed by atoms with van der Waals surface area (Å²) >= 11 is 1.75. The molecule has 6 heteroatoms. The average molecular weight is 297 g/mol. The third-order valence-electron chi connectivity index (χ3n) is 3.81. The predicted octanol–water partition coefficient (Wildman–Crippen LogP) is 2.28. The summed E-state index contributed by atoms with van der Waals surface area (Å²) in [5.41, 5.74) is -0.742. The van der Waals surface area contributed by atoms with Gasteiger partial charge in [-0.1, -0.05) is 6.92 Å². The summed E-state index contributed by atoms with van der Waals surface area (Å²) in [6, 6.07) is 0. The summed E-state index contributed by atoms with van der Waals surface area (Å²) < 4.78 is 1.78. The number of aromatic nitrogens is 2. The fourth-order valence-corrected chi connectivity index (χ4v) is 4.13. The molecule has 112 valence electrons. The molecule has 2 unspecified atom stereocenters. The largest absolute Gasteiger partial charge is 0.480 e. The second-order valence-electron chi connectivity index (χ2n) is 5.50. The molecule has 0 aromatic carbocycles. The predicted molar refractivity (Wildman–Crippen MR) is 80.0 cm³/mol.